The van der Waals surface area contributed by atoms with Gasteiger partial charge in [0, 0.05) is 19.4 Å². The zero-order valence-electron chi connectivity index (χ0n) is 15.3. The summed E-state index contributed by atoms with van der Waals surface area (Å²) >= 11 is 0. The van der Waals surface area contributed by atoms with E-state index >= 15 is 0 Å². The van der Waals surface area contributed by atoms with E-state index in [9.17, 15) is 0 Å². The number of hydrogen-bond donors (Lipinski definition) is 0. The Morgan fingerprint density at radius 3 is 2.36 bits per heavy atom. The van der Waals surface area contributed by atoms with Crippen LogP contribution in [0.4, 0.5) is 0 Å². The van der Waals surface area contributed by atoms with E-state index in [2.05, 4.69) is 53.4 Å². The van der Waals surface area contributed by atoms with Crippen LogP contribution in [0.25, 0.3) is 0 Å². The molecule has 1 saturated carbocycles. The third-order valence-electron chi connectivity index (χ3n) is 6.19. The molecule has 0 N–H and O–H groups in total. The molecule has 2 aliphatic rings. The van der Waals surface area contributed by atoms with Crippen molar-refractivity contribution < 1.29 is 13.9 Å². The van der Waals surface area contributed by atoms with Crippen LogP contribution in [0.15, 0.2) is 12.7 Å². The summed E-state index contributed by atoms with van der Waals surface area (Å²) in [7, 11) is -1.70. The summed E-state index contributed by atoms with van der Waals surface area (Å²) in [5.41, 5.74) is 0.0188. The predicted molar refractivity (Wildman–Crippen MR) is 93.4 cm³/mol. The zero-order chi connectivity index (χ0) is 16.6. The van der Waals surface area contributed by atoms with Crippen molar-refractivity contribution in [2.24, 2.45) is 11.3 Å². The van der Waals surface area contributed by atoms with E-state index < -0.39 is 8.32 Å². The topological polar surface area (TPSA) is 27.7 Å². The Labute approximate surface area is 137 Å². The third kappa shape index (κ3) is 3.50. The quantitative estimate of drug-likeness (QED) is 0.551. The first-order valence-corrected chi connectivity index (χ1v) is 11.5. The largest absolute Gasteiger partial charge is 0.417 e. The van der Waals surface area contributed by atoms with Crippen molar-refractivity contribution in [1.29, 1.82) is 0 Å². The van der Waals surface area contributed by atoms with Gasteiger partial charge in [-0.15, -0.1) is 6.58 Å². The molecule has 0 unspecified atom stereocenters. The summed E-state index contributed by atoms with van der Waals surface area (Å²) in [6.07, 6.45) is 5.05. The van der Waals surface area contributed by atoms with Gasteiger partial charge >= 0.3 is 0 Å². The molecule has 4 heteroatoms. The first-order valence-electron chi connectivity index (χ1n) is 8.59. The van der Waals surface area contributed by atoms with E-state index in [1.807, 2.05) is 0 Å². The minimum atomic E-state index is -1.70. The summed E-state index contributed by atoms with van der Waals surface area (Å²) < 4.78 is 18.3. The summed E-state index contributed by atoms with van der Waals surface area (Å²) in [4.78, 5) is 0. The second-order valence-electron chi connectivity index (χ2n) is 8.80. The molecule has 1 heterocycles. The van der Waals surface area contributed by atoms with Crippen molar-refractivity contribution in [1.82, 2.24) is 0 Å². The van der Waals surface area contributed by atoms with Gasteiger partial charge in [0.25, 0.3) is 0 Å². The Bertz CT molecular complexity index is 407. The maximum atomic E-state index is 6.49. The summed E-state index contributed by atoms with van der Waals surface area (Å²) in [5, 5.41) is 0.255. The Morgan fingerprint density at radius 2 is 1.86 bits per heavy atom. The standard InChI is InChI=1S/C18H34O3Si/c1-8-17(5)14-18(19-11-12-20-18)10-9-15(17)13-21-22(6,7)16(2,3)4/h8,15H,1,9-14H2,2-7H3/t15-,17+/m0/s1. The molecule has 2 fully saturated rings. The molecule has 2 atom stereocenters. The predicted octanol–water partition coefficient (Wildman–Crippen LogP) is 4.74. The number of rotatable bonds is 4. The molecule has 0 aromatic heterocycles. The molecular formula is C18H34O3Si. The van der Waals surface area contributed by atoms with E-state index in [1.54, 1.807) is 0 Å². The highest BCUT2D eigenvalue weighted by Crippen LogP contribution is 2.50. The van der Waals surface area contributed by atoms with Crippen LogP contribution in [0.1, 0.15) is 47.0 Å². The first kappa shape index (κ1) is 18.2. The van der Waals surface area contributed by atoms with Gasteiger partial charge in [0.15, 0.2) is 14.1 Å². The van der Waals surface area contributed by atoms with Gasteiger partial charge in [0.2, 0.25) is 0 Å². The van der Waals surface area contributed by atoms with Crippen molar-refractivity contribution in [2.75, 3.05) is 19.8 Å². The lowest BCUT2D eigenvalue weighted by Crippen LogP contribution is -2.48. The number of allylic oxidation sites excluding steroid dienone is 1. The average molecular weight is 327 g/mol. The van der Waals surface area contributed by atoms with Gasteiger partial charge in [-0.05, 0) is 35.9 Å². The van der Waals surface area contributed by atoms with Crippen LogP contribution in [0, 0.1) is 11.3 Å². The monoisotopic (exact) mass is 326 g/mol. The minimum Gasteiger partial charge on any atom is -0.417 e. The van der Waals surface area contributed by atoms with E-state index in [4.69, 9.17) is 13.9 Å². The van der Waals surface area contributed by atoms with Crippen LogP contribution in [0.3, 0.4) is 0 Å². The number of ether oxygens (including phenoxy) is 2. The minimum absolute atomic E-state index is 0.0188. The van der Waals surface area contributed by atoms with Crippen LogP contribution in [0.5, 0.6) is 0 Å². The molecule has 0 bridgehead atoms. The summed E-state index contributed by atoms with van der Waals surface area (Å²) in [6, 6.07) is 0. The van der Waals surface area contributed by atoms with Gasteiger partial charge in [-0.3, -0.25) is 0 Å². The molecule has 0 amide bonds. The average Bonchev–Trinajstić information content (AvgIpc) is 2.84. The zero-order valence-corrected chi connectivity index (χ0v) is 16.3. The summed E-state index contributed by atoms with van der Waals surface area (Å²) in [6.45, 7) is 20.2. The first-order chi connectivity index (χ1) is 10.0. The molecule has 0 radical (unpaired) electrons. The van der Waals surface area contributed by atoms with Gasteiger partial charge in [0.1, 0.15) is 0 Å². The van der Waals surface area contributed by atoms with Crippen LogP contribution in [-0.2, 0) is 13.9 Å². The fourth-order valence-corrected chi connectivity index (χ4v) is 4.37. The van der Waals surface area contributed by atoms with Gasteiger partial charge in [-0.1, -0.05) is 33.8 Å². The third-order valence-corrected chi connectivity index (χ3v) is 10.7. The van der Waals surface area contributed by atoms with Crippen LogP contribution < -0.4 is 0 Å². The van der Waals surface area contributed by atoms with Crippen molar-refractivity contribution in [3.8, 4) is 0 Å². The smallest absolute Gasteiger partial charge is 0.191 e. The molecule has 0 aromatic rings. The maximum absolute atomic E-state index is 6.49. The molecule has 3 nitrogen and oxygen atoms in total. The van der Waals surface area contributed by atoms with Crippen molar-refractivity contribution in [3.05, 3.63) is 12.7 Å². The maximum Gasteiger partial charge on any atom is 0.191 e. The van der Waals surface area contributed by atoms with Crippen LogP contribution in [-0.4, -0.2) is 33.9 Å². The molecule has 22 heavy (non-hydrogen) atoms. The Hall–Kier alpha value is -0.163. The molecule has 2 rings (SSSR count). The lowest BCUT2D eigenvalue weighted by molar-refractivity contribution is -0.206. The highest BCUT2D eigenvalue weighted by molar-refractivity contribution is 6.74. The van der Waals surface area contributed by atoms with E-state index in [0.717, 1.165) is 39.1 Å². The fraction of sp³-hybridized carbons (Fsp3) is 0.889. The van der Waals surface area contributed by atoms with Gasteiger partial charge in [0.05, 0.1) is 13.2 Å². The van der Waals surface area contributed by atoms with Crippen LogP contribution in [0.2, 0.25) is 18.1 Å². The molecule has 1 aliphatic carbocycles. The van der Waals surface area contributed by atoms with Gasteiger partial charge in [-0.2, -0.15) is 0 Å². The Balaban J connectivity index is 2.04. The molecule has 128 valence electrons. The lowest BCUT2D eigenvalue weighted by Gasteiger charge is -2.48. The second kappa shape index (κ2) is 6.04. The molecule has 1 saturated heterocycles. The van der Waals surface area contributed by atoms with E-state index in [0.29, 0.717) is 5.92 Å². The van der Waals surface area contributed by atoms with Crippen molar-refractivity contribution in [3.63, 3.8) is 0 Å². The second-order valence-corrected chi connectivity index (χ2v) is 13.6. The van der Waals surface area contributed by atoms with E-state index in [-0.39, 0.29) is 16.2 Å². The fourth-order valence-electron chi connectivity index (χ4n) is 3.32. The molecule has 1 spiro atoms. The normalized spacial score (nSPS) is 32.4. The van der Waals surface area contributed by atoms with Crippen molar-refractivity contribution in [2.45, 2.75) is 70.9 Å². The van der Waals surface area contributed by atoms with Gasteiger partial charge in [-0.25, -0.2) is 0 Å². The Morgan fingerprint density at radius 1 is 1.27 bits per heavy atom. The molecule has 0 aromatic carbocycles. The summed E-state index contributed by atoms with van der Waals surface area (Å²) in [5.74, 6) is 0.133. The highest BCUT2D eigenvalue weighted by atomic mass is 28.4. The highest BCUT2D eigenvalue weighted by Gasteiger charge is 2.50. The Kier molecular flexibility index (Phi) is 4.99. The molecular weight excluding hydrogens is 292 g/mol. The van der Waals surface area contributed by atoms with Gasteiger partial charge < -0.3 is 13.9 Å². The van der Waals surface area contributed by atoms with E-state index in [1.165, 1.54) is 0 Å². The van der Waals surface area contributed by atoms with Crippen LogP contribution >= 0.6 is 0 Å². The number of hydrogen-bond acceptors (Lipinski definition) is 3. The lowest BCUT2D eigenvalue weighted by atomic mass is 9.65. The van der Waals surface area contributed by atoms with Crippen molar-refractivity contribution >= 4 is 8.32 Å². The SMILES string of the molecule is C=C[C@]1(C)CC2(CC[C@H]1CO[Si](C)(C)C(C)(C)C)OCCO2. The molecule has 1 aliphatic heterocycles.